The number of esters is 1. The van der Waals surface area contributed by atoms with Crippen LogP contribution in [0.2, 0.25) is 10.0 Å². The lowest BCUT2D eigenvalue weighted by Crippen LogP contribution is -2.36. The zero-order chi connectivity index (χ0) is 25.0. The number of hydrogen-bond donors (Lipinski definition) is 0. The molecule has 0 spiro atoms. The van der Waals surface area contributed by atoms with E-state index >= 15 is 0 Å². The number of benzene rings is 2. The molecule has 0 aliphatic rings. The Morgan fingerprint density at radius 1 is 1.06 bits per heavy atom. The van der Waals surface area contributed by atoms with E-state index in [-0.39, 0.29) is 21.5 Å². The van der Waals surface area contributed by atoms with Crippen molar-refractivity contribution >= 4 is 55.8 Å². The standard InChI is InChI=1S/C24H22Cl2N4O4S/c1-2-3-12-34-23(31)16-30(35(32,33)19-14-17(25)13-18(26)15-19)22-7-4-6-21-20(22)8-11-29(21)24-27-9-5-10-28-24/h4-11,13-15H,2-3,12,16H2,1H3. The second kappa shape index (κ2) is 10.6. The van der Waals surface area contributed by atoms with E-state index in [1.807, 2.05) is 13.0 Å². The van der Waals surface area contributed by atoms with Crippen LogP contribution in [0.25, 0.3) is 16.9 Å². The molecule has 4 aromatic rings. The van der Waals surface area contributed by atoms with Gasteiger partial charge in [-0.1, -0.05) is 42.6 Å². The fourth-order valence-corrected chi connectivity index (χ4v) is 5.71. The first-order chi connectivity index (χ1) is 16.8. The average molecular weight is 533 g/mol. The number of aromatic nitrogens is 3. The average Bonchev–Trinajstić information content (AvgIpc) is 3.27. The highest BCUT2D eigenvalue weighted by atomic mass is 35.5. The fourth-order valence-electron chi connectivity index (χ4n) is 3.56. The molecule has 0 saturated carbocycles. The van der Waals surface area contributed by atoms with E-state index in [1.54, 1.807) is 47.4 Å². The number of sulfonamides is 1. The van der Waals surface area contributed by atoms with Gasteiger partial charge in [0.05, 0.1) is 22.7 Å². The van der Waals surface area contributed by atoms with Crippen LogP contribution < -0.4 is 4.31 Å². The van der Waals surface area contributed by atoms with Gasteiger partial charge in [0.15, 0.2) is 0 Å². The summed E-state index contributed by atoms with van der Waals surface area (Å²) in [5, 5.41) is 0.900. The van der Waals surface area contributed by atoms with Crippen LogP contribution in [-0.4, -0.2) is 42.1 Å². The Labute approximate surface area is 213 Å². The molecule has 2 aromatic heterocycles. The maximum absolute atomic E-state index is 13.8. The Bertz CT molecular complexity index is 1440. The van der Waals surface area contributed by atoms with Gasteiger partial charge in [0, 0.05) is 34.0 Å². The molecule has 35 heavy (non-hydrogen) atoms. The lowest BCUT2D eigenvalue weighted by molar-refractivity contribution is -0.141. The minimum atomic E-state index is -4.25. The third kappa shape index (κ3) is 5.42. The van der Waals surface area contributed by atoms with E-state index in [9.17, 15) is 13.2 Å². The molecule has 0 aliphatic heterocycles. The molecule has 182 valence electrons. The number of nitrogens with zero attached hydrogens (tertiary/aromatic N) is 4. The molecular weight excluding hydrogens is 511 g/mol. The van der Waals surface area contributed by atoms with E-state index in [1.165, 1.54) is 18.2 Å². The molecule has 0 unspecified atom stereocenters. The molecule has 2 heterocycles. The minimum Gasteiger partial charge on any atom is -0.464 e. The number of ether oxygens (including phenoxy) is 1. The summed E-state index contributed by atoms with van der Waals surface area (Å²) in [4.78, 5) is 21.1. The number of rotatable bonds is 9. The van der Waals surface area contributed by atoms with Gasteiger partial charge in [0.2, 0.25) is 5.95 Å². The van der Waals surface area contributed by atoms with E-state index in [2.05, 4.69) is 9.97 Å². The number of carbonyl (C=O) groups excluding carboxylic acids is 1. The number of anilines is 1. The maximum atomic E-state index is 13.8. The second-order valence-corrected chi connectivity index (χ2v) is 10.4. The van der Waals surface area contributed by atoms with Crippen molar-refractivity contribution in [1.29, 1.82) is 0 Å². The van der Waals surface area contributed by atoms with E-state index in [0.29, 0.717) is 29.0 Å². The Kier molecular flexibility index (Phi) is 7.59. The number of halogens is 2. The van der Waals surface area contributed by atoms with Crippen LogP contribution in [0.4, 0.5) is 5.69 Å². The van der Waals surface area contributed by atoms with Crippen LogP contribution in [-0.2, 0) is 19.6 Å². The molecule has 0 atom stereocenters. The topological polar surface area (TPSA) is 94.4 Å². The molecule has 0 amide bonds. The lowest BCUT2D eigenvalue weighted by Gasteiger charge is -2.25. The van der Waals surface area contributed by atoms with Gasteiger partial charge in [0.25, 0.3) is 10.0 Å². The van der Waals surface area contributed by atoms with Gasteiger partial charge in [-0.15, -0.1) is 0 Å². The first kappa shape index (κ1) is 25.0. The predicted molar refractivity (Wildman–Crippen MR) is 136 cm³/mol. The highest BCUT2D eigenvalue weighted by molar-refractivity contribution is 7.92. The number of fused-ring (bicyclic) bond motifs is 1. The van der Waals surface area contributed by atoms with Crippen LogP contribution in [0.1, 0.15) is 19.8 Å². The number of unbranched alkanes of at least 4 members (excludes halogenated alkanes) is 1. The van der Waals surface area contributed by atoms with Gasteiger partial charge in [-0.25, -0.2) is 18.4 Å². The third-order valence-corrected chi connectivity index (χ3v) is 7.38. The van der Waals surface area contributed by atoms with Crippen molar-refractivity contribution in [3.8, 4) is 5.95 Å². The number of carbonyl (C=O) groups is 1. The fraction of sp³-hybridized carbons (Fsp3) is 0.208. The van der Waals surface area contributed by atoms with Crippen molar-refractivity contribution in [1.82, 2.24) is 14.5 Å². The Hall–Kier alpha value is -3.14. The van der Waals surface area contributed by atoms with Crippen molar-refractivity contribution in [3.63, 3.8) is 0 Å². The van der Waals surface area contributed by atoms with Crippen molar-refractivity contribution in [2.45, 2.75) is 24.7 Å². The Morgan fingerprint density at radius 3 is 2.46 bits per heavy atom. The normalized spacial score (nSPS) is 11.5. The predicted octanol–water partition coefficient (Wildman–Crippen LogP) is 5.27. The second-order valence-electron chi connectivity index (χ2n) is 7.64. The lowest BCUT2D eigenvalue weighted by atomic mass is 10.2. The smallest absolute Gasteiger partial charge is 0.326 e. The first-order valence-corrected chi connectivity index (χ1v) is 13.0. The SMILES string of the molecule is CCCCOC(=O)CN(c1cccc2c1ccn2-c1ncccn1)S(=O)(=O)c1cc(Cl)cc(Cl)c1. The summed E-state index contributed by atoms with van der Waals surface area (Å²) in [6, 6.07) is 12.6. The van der Waals surface area contributed by atoms with E-state index < -0.39 is 22.5 Å². The Morgan fingerprint density at radius 2 is 1.77 bits per heavy atom. The van der Waals surface area contributed by atoms with Crippen LogP contribution in [0.5, 0.6) is 0 Å². The summed E-state index contributed by atoms with van der Waals surface area (Å²) < 4.78 is 35.6. The molecule has 11 heteroatoms. The summed E-state index contributed by atoms with van der Waals surface area (Å²) in [6.07, 6.45) is 6.49. The summed E-state index contributed by atoms with van der Waals surface area (Å²) in [5.74, 6) is -0.243. The van der Waals surface area contributed by atoms with Gasteiger partial charge < -0.3 is 4.74 Å². The highest BCUT2D eigenvalue weighted by Gasteiger charge is 2.30. The first-order valence-electron chi connectivity index (χ1n) is 10.8. The minimum absolute atomic E-state index is 0.140. The summed E-state index contributed by atoms with van der Waals surface area (Å²) >= 11 is 12.2. The molecule has 0 N–H and O–H groups in total. The van der Waals surface area contributed by atoms with Gasteiger partial charge in [-0.05, 0) is 48.9 Å². The molecule has 2 aromatic carbocycles. The molecule has 0 bridgehead atoms. The molecule has 0 fully saturated rings. The third-order valence-electron chi connectivity index (χ3n) is 5.20. The van der Waals surface area contributed by atoms with Crippen LogP contribution in [0, 0.1) is 0 Å². The zero-order valence-electron chi connectivity index (χ0n) is 18.8. The molecule has 4 rings (SSSR count). The van der Waals surface area contributed by atoms with Gasteiger partial charge in [-0.2, -0.15) is 0 Å². The molecule has 0 aliphatic carbocycles. The zero-order valence-corrected chi connectivity index (χ0v) is 21.1. The monoisotopic (exact) mass is 532 g/mol. The molecule has 8 nitrogen and oxygen atoms in total. The van der Waals surface area contributed by atoms with Gasteiger partial charge in [0.1, 0.15) is 6.54 Å². The van der Waals surface area contributed by atoms with Crippen LogP contribution in [0.3, 0.4) is 0 Å². The van der Waals surface area contributed by atoms with Crippen molar-refractivity contribution in [2.75, 3.05) is 17.5 Å². The summed E-state index contributed by atoms with van der Waals surface area (Å²) in [5.41, 5.74) is 0.957. The molecular formula is C24H22Cl2N4O4S. The highest BCUT2D eigenvalue weighted by Crippen LogP contribution is 2.34. The largest absolute Gasteiger partial charge is 0.464 e. The maximum Gasteiger partial charge on any atom is 0.326 e. The number of hydrogen-bond acceptors (Lipinski definition) is 6. The molecule has 0 radical (unpaired) electrons. The van der Waals surface area contributed by atoms with Crippen molar-refractivity contribution < 1.29 is 17.9 Å². The Balaban J connectivity index is 1.84. The van der Waals surface area contributed by atoms with Crippen LogP contribution >= 0.6 is 23.2 Å². The van der Waals surface area contributed by atoms with E-state index in [0.717, 1.165) is 10.7 Å². The van der Waals surface area contributed by atoms with E-state index in [4.69, 9.17) is 27.9 Å². The van der Waals surface area contributed by atoms with Crippen molar-refractivity contribution in [2.24, 2.45) is 0 Å². The van der Waals surface area contributed by atoms with Crippen molar-refractivity contribution in [3.05, 3.63) is 77.2 Å². The quantitative estimate of drug-likeness (QED) is 0.215. The van der Waals surface area contributed by atoms with Crippen LogP contribution in [0.15, 0.2) is 72.0 Å². The molecule has 0 saturated heterocycles. The van der Waals surface area contributed by atoms with Gasteiger partial charge >= 0.3 is 5.97 Å². The summed E-state index contributed by atoms with van der Waals surface area (Å²) in [6.45, 7) is 1.65. The van der Waals surface area contributed by atoms with Gasteiger partial charge in [-0.3, -0.25) is 13.7 Å². The summed E-state index contributed by atoms with van der Waals surface area (Å²) in [7, 11) is -4.25.